The summed E-state index contributed by atoms with van der Waals surface area (Å²) >= 11 is 0. The second kappa shape index (κ2) is 9.16. The van der Waals surface area contributed by atoms with Crippen molar-refractivity contribution in [3.63, 3.8) is 0 Å². The Kier molecular flexibility index (Phi) is 6.59. The molecule has 11 heteroatoms. The third kappa shape index (κ3) is 4.85. The molecule has 3 rings (SSSR count). The highest BCUT2D eigenvalue weighted by Gasteiger charge is 2.34. The molecule has 164 valence electrons. The molecule has 0 aromatic heterocycles. The summed E-state index contributed by atoms with van der Waals surface area (Å²) in [6.45, 7) is -0.392. The van der Waals surface area contributed by atoms with Gasteiger partial charge in [-0.2, -0.15) is 8.42 Å². The van der Waals surface area contributed by atoms with Gasteiger partial charge in [0.1, 0.15) is 12.4 Å². The lowest BCUT2D eigenvalue weighted by molar-refractivity contribution is -0.140. The van der Waals surface area contributed by atoms with E-state index in [1.54, 1.807) is 24.3 Å². The highest BCUT2D eigenvalue weighted by atomic mass is 32.2. The van der Waals surface area contributed by atoms with Gasteiger partial charge < -0.3 is 24.4 Å². The lowest BCUT2D eigenvalue weighted by Gasteiger charge is -2.32. The molecule has 2 aromatic carbocycles. The first-order chi connectivity index (χ1) is 14.8. The molecule has 0 saturated heterocycles. The van der Waals surface area contributed by atoms with Crippen LogP contribution in [-0.4, -0.2) is 52.5 Å². The zero-order valence-corrected chi connectivity index (χ0v) is 17.5. The van der Waals surface area contributed by atoms with Gasteiger partial charge in [-0.25, -0.2) is 9.59 Å². The van der Waals surface area contributed by atoms with E-state index in [9.17, 15) is 22.6 Å². The maximum Gasteiger partial charge on any atom is 0.355 e. The standard InChI is InChI=1S/C20H20N2O8S/c1-28-19(23)15-11-30-12-22(18(15)20(24)29-2)17-10-14(31(25,26)27)8-9-16(17)21-13-6-4-3-5-7-13/h3-10,21H,11-12H2,1-2H3,(H,25,26,27). The fraction of sp³-hybridized carbons (Fsp3) is 0.200. The number of ether oxygens (including phenoxy) is 3. The van der Waals surface area contributed by atoms with Crippen molar-refractivity contribution in [3.8, 4) is 0 Å². The van der Waals surface area contributed by atoms with Gasteiger partial charge >= 0.3 is 11.9 Å². The van der Waals surface area contributed by atoms with Crippen molar-refractivity contribution >= 4 is 39.1 Å². The van der Waals surface area contributed by atoms with E-state index in [4.69, 9.17) is 14.2 Å². The first-order valence-corrected chi connectivity index (χ1v) is 10.4. The Bertz CT molecular complexity index is 1130. The number of hydrogen-bond donors (Lipinski definition) is 2. The third-order valence-electron chi connectivity index (χ3n) is 4.44. The SMILES string of the molecule is COC(=O)C1=C(C(=O)OC)N(c2cc(S(=O)(=O)O)ccc2Nc2ccccc2)COC1. The summed E-state index contributed by atoms with van der Waals surface area (Å²) in [5.41, 5.74) is 0.959. The van der Waals surface area contributed by atoms with Gasteiger partial charge in [0, 0.05) is 5.69 Å². The van der Waals surface area contributed by atoms with Gasteiger partial charge in [0.25, 0.3) is 10.1 Å². The van der Waals surface area contributed by atoms with Crippen LogP contribution < -0.4 is 10.2 Å². The van der Waals surface area contributed by atoms with Crippen LogP contribution in [0.15, 0.2) is 64.7 Å². The van der Waals surface area contributed by atoms with Gasteiger partial charge in [0.15, 0.2) is 0 Å². The molecule has 31 heavy (non-hydrogen) atoms. The molecule has 0 saturated carbocycles. The molecule has 0 unspecified atom stereocenters. The average molecular weight is 448 g/mol. The lowest BCUT2D eigenvalue weighted by Crippen LogP contribution is -2.39. The first-order valence-electron chi connectivity index (χ1n) is 8.95. The number of methoxy groups -OCH3 is 2. The molecule has 0 spiro atoms. The number of para-hydroxylation sites is 1. The molecule has 0 radical (unpaired) electrons. The van der Waals surface area contributed by atoms with Crippen molar-refractivity contribution in [2.45, 2.75) is 4.90 Å². The number of carbonyl (C=O) groups excluding carboxylic acids is 2. The smallest absolute Gasteiger partial charge is 0.355 e. The molecule has 0 fully saturated rings. The van der Waals surface area contributed by atoms with Crippen molar-refractivity contribution in [1.82, 2.24) is 0 Å². The Labute approximate surface area is 178 Å². The molecule has 2 N–H and O–H groups in total. The predicted octanol–water partition coefficient (Wildman–Crippen LogP) is 2.07. The summed E-state index contributed by atoms with van der Waals surface area (Å²) in [5.74, 6) is -1.64. The number of nitrogens with one attached hydrogen (secondary N) is 1. The zero-order chi connectivity index (χ0) is 22.6. The molecule has 0 bridgehead atoms. The summed E-state index contributed by atoms with van der Waals surface area (Å²) in [7, 11) is -2.24. The van der Waals surface area contributed by atoms with Crippen LogP contribution in [0.4, 0.5) is 17.1 Å². The van der Waals surface area contributed by atoms with Gasteiger partial charge in [-0.3, -0.25) is 4.55 Å². The lowest BCUT2D eigenvalue weighted by atomic mass is 10.1. The van der Waals surface area contributed by atoms with E-state index in [0.29, 0.717) is 11.4 Å². The summed E-state index contributed by atoms with van der Waals surface area (Å²) in [6, 6.07) is 12.8. The second-order valence-corrected chi connectivity index (χ2v) is 7.78. The maximum absolute atomic E-state index is 12.6. The number of carbonyl (C=O) groups is 2. The molecule has 0 aliphatic carbocycles. The minimum Gasteiger partial charge on any atom is -0.466 e. The van der Waals surface area contributed by atoms with Crippen LogP contribution >= 0.6 is 0 Å². The minimum atomic E-state index is -4.55. The van der Waals surface area contributed by atoms with Crippen LogP contribution in [0.25, 0.3) is 0 Å². The maximum atomic E-state index is 12.6. The van der Waals surface area contributed by atoms with Crippen molar-refractivity contribution < 1.29 is 36.8 Å². The normalized spacial score (nSPS) is 14.2. The van der Waals surface area contributed by atoms with E-state index in [2.05, 4.69) is 5.32 Å². The highest BCUT2D eigenvalue weighted by Crippen LogP contribution is 2.36. The first kappa shape index (κ1) is 22.3. The Hall–Kier alpha value is -3.41. The summed E-state index contributed by atoms with van der Waals surface area (Å²) in [4.78, 5) is 25.7. The van der Waals surface area contributed by atoms with Crippen LogP contribution in [0, 0.1) is 0 Å². The molecule has 1 aliphatic rings. The van der Waals surface area contributed by atoms with E-state index < -0.39 is 27.0 Å². The fourth-order valence-electron chi connectivity index (χ4n) is 3.01. The van der Waals surface area contributed by atoms with Crippen LogP contribution in [0.2, 0.25) is 0 Å². The molecule has 0 amide bonds. The second-order valence-electron chi connectivity index (χ2n) is 6.36. The number of nitrogens with zero attached hydrogens (tertiary/aromatic N) is 1. The molecule has 1 aliphatic heterocycles. The number of esters is 2. The largest absolute Gasteiger partial charge is 0.466 e. The molecule has 2 aromatic rings. The van der Waals surface area contributed by atoms with E-state index >= 15 is 0 Å². The van der Waals surface area contributed by atoms with Crippen LogP contribution in [0.1, 0.15) is 0 Å². The van der Waals surface area contributed by atoms with Crippen molar-refractivity contribution in [3.05, 3.63) is 59.8 Å². The topological polar surface area (TPSA) is 131 Å². The molecule has 10 nitrogen and oxygen atoms in total. The van der Waals surface area contributed by atoms with E-state index in [1.165, 1.54) is 17.0 Å². The Morgan fingerprint density at radius 3 is 2.35 bits per heavy atom. The third-order valence-corrected chi connectivity index (χ3v) is 5.29. The molecule has 0 atom stereocenters. The van der Waals surface area contributed by atoms with Gasteiger partial charge in [-0.05, 0) is 30.3 Å². The van der Waals surface area contributed by atoms with Gasteiger partial charge in [-0.1, -0.05) is 18.2 Å². The monoisotopic (exact) mass is 448 g/mol. The van der Waals surface area contributed by atoms with Crippen molar-refractivity contribution in [2.75, 3.05) is 37.8 Å². The van der Waals surface area contributed by atoms with E-state index in [0.717, 1.165) is 20.3 Å². The van der Waals surface area contributed by atoms with Gasteiger partial charge in [0.05, 0.1) is 42.7 Å². The summed E-state index contributed by atoms with van der Waals surface area (Å²) < 4.78 is 48.0. The molecular weight excluding hydrogens is 428 g/mol. The van der Waals surface area contributed by atoms with E-state index in [1.807, 2.05) is 6.07 Å². The van der Waals surface area contributed by atoms with Crippen molar-refractivity contribution in [1.29, 1.82) is 0 Å². The van der Waals surface area contributed by atoms with Crippen LogP contribution in [0.3, 0.4) is 0 Å². The molecular formula is C20H20N2O8S. The Balaban J connectivity index is 2.21. The van der Waals surface area contributed by atoms with Gasteiger partial charge in [0.2, 0.25) is 0 Å². The number of benzene rings is 2. The van der Waals surface area contributed by atoms with Crippen LogP contribution in [-0.2, 0) is 33.9 Å². The summed E-state index contributed by atoms with van der Waals surface area (Å²) in [5, 5.41) is 3.12. The highest BCUT2D eigenvalue weighted by molar-refractivity contribution is 7.85. The summed E-state index contributed by atoms with van der Waals surface area (Å²) in [6.07, 6.45) is 0. The number of hydrogen-bond acceptors (Lipinski definition) is 9. The number of rotatable bonds is 6. The Morgan fingerprint density at radius 2 is 1.74 bits per heavy atom. The zero-order valence-electron chi connectivity index (χ0n) is 16.7. The quantitative estimate of drug-likeness (QED) is 0.500. The minimum absolute atomic E-state index is 0.0940. The predicted molar refractivity (Wildman–Crippen MR) is 110 cm³/mol. The fourth-order valence-corrected chi connectivity index (χ4v) is 3.51. The van der Waals surface area contributed by atoms with Gasteiger partial charge in [-0.15, -0.1) is 0 Å². The average Bonchev–Trinajstić information content (AvgIpc) is 2.77. The Morgan fingerprint density at radius 1 is 1.06 bits per heavy atom. The molecule has 1 heterocycles. The van der Waals surface area contributed by atoms with E-state index in [-0.39, 0.29) is 30.3 Å². The number of anilines is 3. The van der Waals surface area contributed by atoms with Crippen LogP contribution in [0.5, 0.6) is 0 Å². The van der Waals surface area contributed by atoms with Crippen molar-refractivity contribution in [2.24, 2.45) is 0 Å².